The zero-order chi connectivity index (χ0) is 16.3. The molecular formula is C17H19N2O3P. The number of rotatable bonds is 4. The third kappa shape index (κ3) is 3.78. The van der Waals surface area contributed by atoms with Gasteiger partial charge in [0.2, 0.25) is 6.35 Å². The Hall–Kier alpha value is -1.75. The average molecular weight is 330 g/mol. The van der Waals surface area contributed by atoms with Crippen molar-refractivity contribution >= 4 is 18.2 Å². The Bertz CT molecular complexity index is 754. The number of benzene rings is 2. The van der Waals surface area contributed by atoms with E-state index in [1.807, 2.05) is 60.7 Å². The minimum atomic E-state index is -3.53. The van der Waals surface area contributed by atoms with Crippen LogP contribution in [-0.2, 0) is 12.8 Å². The molecule has 1 aliphatic rings. The van der Waals surface area contributed by atoms with Gasteiger partial charge >= 0.3 is 0 Å². The summed E-state index contributed by atoms with van der Waals surface area (Å²) < 4.78 is 0. The van der Waals surface area contributed by atoms with Gasteiger partial charge in [-0.3, -0.25) is 0 Å². The van der Waals surface area contributed by atoms with Gasteiger partial charge in [0, 0.05) is 12.8 Å². The van der Waals surface area contributed by atoms with E-state index in [2.05, 4.69) is 10.3 Å². The summed E-state index contributed by atoms with van der Waals surface area (Å²) in [6, 6.07) is 19.0. The van der Waals surface area contributed by atoms with E-state index < -0.39 is 13.7 Å². The van der Waals surface area contributed by atoms with E-state index in [-0.39, 0.29) is 5.45 Å². The Morgan fingerprint density at radius 1 is 0.870 bits per heavy atom. The van der Waals surface area contributed by atoms with Gasteiger partial charge in [-0.15, -0.1) is 0 Å². The van der Waals surface area contributed by atoms with Crippen molar-refractivity contribution in [3.05, 3.63) is 71.8 Å². The SMILES string of the molecule is OC1N=C(Cc2ccccc2)P(O)(O)=C(Cc2ccccc2)N1. The van der Waals surface area contributed by atoms with Crippen molar-refractivity contribution in [1.82, 2.24) is 5.32 Å². The number of nitrogens with one attached hydrogen (secondary N) is 1. The molecule has 0 fully saturated rings. The van der Waals surface area contributed by atoms with Crippen LogP contribution < -0.4 is 5.32 Å². The van der Waals surface area contributed by atoms with E-state index in [0.717, 1.165) is 11.1 Å². The Labute approximate surface area is 135 Å². The summed E-state index contributed by atoms with van der Waals surface area (Å²) >= 11 is 0. The first-order valence-corrected chi connectivity index (χ1v) is 9.06. The van der Waals surface area contributed by atoms with Gasteiger partial charge in [0.1, 0.15) is 0 Å². The molecule has 4 N–H and O–H groups in total. The summed E-state index contributed by atoms with van der Waals surface area (Å²) in [5.74, 6) is 0. The largest absolute Gasteiger partial charge is 0.359 e. The zero-order valence-corrected chi connectivity index (χ0v) is 13.4. The van der Waals surface area contributed by atoms with Crippen molar-refractivity contribution in [3.8, 4) is 0 Å². The van der Waals surface area contributed by atoms with Gasteiger partial charge in [-0.25, -0.2) is 10.3 Å². The second kappa shape index (κ2) is 6.79. The molecule has 1 aliphatic heterocycles. The molecule has 0 bridgehead atoms. The smallest absolute Gasteiger partial charge is 0.206 e. The molecule has 1 atom stereocenters. The van der Waals surface area contributed by atoms with Crippen molar-refractivity contribution in [1.29, 1.82) is 0 Å². The maximum absolute atomic E-state index is 10.7. The van der Waals surface area contributed by atoms with Crippen molar-refractivity contribution in [2.24, 2.45) is 4.99 Å². The maximum Gasteiger partial charge on any atom is 0.206 e. The fraction of sp³-hybridized carbons (Fsp3) is 0.176. The number of hydrogen-bond acceptors (Lipinski definition) is 5. The van der Waals surface area contributed by atoms with Gasteiger partial charge in [-0.2, -0.15) is 0 Å². The zero-order valence-electron chi connectivity index (χ0n) is 12.5. The lowest BCUT2D eigenvalue weighted by Crippen LogP contribution is -2.40. The van der Waals surface area contributed by atoms with Gasteiger partial charge in [0.25, 0.3) is 0 Å². The van der Waals surface area contributed by atoms with Crippen LogP contribution in [-0.4, -0.2) is 32.1 Å². The normalized spacial score (nSPS) is 20.2. The highest BCUT2D eigenvalue weighted by Crippen LogP contribution is 2.44. The molecule has 5 nitrogen and oxygen atoms in total. The molecular weight excluding hydrogens is 311 g/mol. The molecule has 0 aliphatic carbocycles. The second-order valence-electron chi connectivity index (χ2n) is 5.44. The van der Waals surface area contributed by atoms with E-state index in [4.69, 9.17) is 0 Å². The Kier molecular flexibility index (Phi) is 4.76. The molecule has 3 rings (SSSR count). The topological polar surface area (TPSA) is 85.1 Å². The predicted molar refractivity (Wildman–Crippen MR) is 93.2 cm³/mol. The first-order chi connectivity index (χ1) is 11.1. The minimum Gasteiger partial charge on any atom is -0.359 e. The van der Waals surface area contributed by atoms with Crippen molar-refractivity contribution in [3.63, 3.8) is 0 Å². The highest BCUT2D eigenvalue weighted by molar-refractivity contribution is 7.81. The number of nitrogens with zero attached hydrogens (tertiary/aromatic N) is 1. The Morgan fingerprint density at radius 2 is 1.39 bits per heavy atom. The maximum atomic E-state index is 10.7. The van der Waals surface area contributed by atoms with Crippen LogP contribution in [0.2, 0.25) is 0 Å². The van der Waals surface area contributed by atoms with Crippen LogP contribution in [0, 0.1) is 0 Å². The van der Waals surface area contributed by atoms with Gasteiger partial charge in [-0.05, 0) is 11.1 Å². The Morgan fingerprint density at radius 3 is 1.96 bits per heavy atom. The van der Waals surface area contributed by atoms with Crippen LogP contribution in [0.25, 0.3) is 0 Å². The first-order valence-electron chi connectivity index (χ1n) is 7.36. The lowest BCUT2D eigenvalue weighted by molar-refractivity contribution is 0.169. The highest BCUT2D eigenvalue weighted by atomic mass is 31.2. The van der Waals surface area contributed by atoms with Crippen LogP contribution in [0.5, 0.6) is 0 Å². The molecule has 0 amide bonds. The summed E-state index contributed by atoms with van der Waals surface area (Å²) in [5, 5.41) is 12.6. The van der Waals surface area contributed by atoms with Gasteiger partial charge in [0.05, 0.1) is 10.9 Å². The molecule has 0 saturated heterocycles. The molecule has 0 aromatic heterocycles. The molecule has 1 unspecified atom stereocenters. The van der Waals surface area contributed by atoms with Gasteiger partial charge < -0.3 is 14.9 Å². The van der Waals surface area contributed by atoms with Gasteiger partial charge in [0.15, 0.2) is 7.34 Å². The van der Waals surface area contributed by atoms with Crippen LogP contribution >= 0.6 is 7.34 Å². The number of hydrogen-bond donors (Lipinski definition) is 4. The number of aliphatic hydroxyl groups excluding tert-OH is 1. The Balaban J connectivity index is 1.92. The fourth-order valence-electron chi connectivity index (χ4n) is 2.53. The van der Waals surface area contributed by atoms with E-state index in [1.54, 1.807) is 0 Å². The first kappa shape index (κ1) is 16.1. The van der Waals surface area contributed by atoms with Crippen molar-refractivity contribution in [2.45, 2.75) is 19.2 Å². The van der Waals surface area contributed by atoms with Crippen LogP contribution in [0.4, 0.5) is 0 Å². The molecule has 0 spiro atoms. The second-order valence-corrected chi connectivity index (χ2v) is 7.69. The quantitative estimate of drug-likeness (QED) is 0.643. The molecule has 2 aromatic carbocycles. The molecule has 2 aromatic rings. The summed E-state index contributed by atoms with van der Waals surface area (Å²) in [4.78, 5) is 25.3. The van der Waals surface area contributed by atoms with E-state index >= 15 is 0 Å². The fourth-order valence-corrected chi connectivity index (χ4v) is 4.22. The molecule has 1 heterocycles. The third-order valence-corrected chi connectivity index (χ3v) is 5.76. The molecule has 120 valence electrons. The predicted octanol–water partition coefficient (Wildman–Crippen LogP) is 1.71. The summed E-state index contributed by atoms with van der Waals surface area (Å²) in [6.45, 7) is 0. The van der Waals surface area contributed by atoms with Crippen LogP contribution in [0.15, 0.2) is 65.7 Å². The van der Waals surface area contributed by atoms with E-state index in [9.17, 15) is 14.9 Å². The highest BCUT2D eigenvalue weighted by Gasteiger charge is 2.30. The molecule has 23 heavy (non-hydrogen) atoms. The van der Waals surface area contributed by atoms with Crippen LogP contribution in [0.3, 0.4) is 0 Å². The van der Waals surface area contributed by atoms with Gasteiger partial charge in [-0.1, -0.05) is 60.7 Å². The van der Waals surface area contributed by atoms with E-state index in [0.29, 0.717) is 18.3 Å². The van der Waals surface area contributed by atoms with Crippen LogP contribution in [0.1, 0.15) is 11.1 Å². The lowest BCUT2D eigenvalue weighted by Gasteiger charge is -2.28. The van der Waals surface area contributed by atoms with Crippen molar-refractivity contribution < 1.29 is 14.9 Å². The monoisotopic (exact) mass is 330 g/mol. The number of aliphatic imine (C=N–C) groups is 1. The summed E-state index contributed by atoms with van der Waals surface area (Å²) in [6.07, 6.45) is -0.509. The summed E-state index contributed by atoms with van der Waals surface area (Å²) in [5.41, 5.74) is 2.43. The van der Waals surface area contributed by atoms with Crippen molar-refractivity contribution in [2.75, 3.05) is 0 Å². The molecule has 0 saturated carbocycles. The third-order valence-electron chi connectivity index (χ3n) is 3.72. The average Bonchev–Trinajstić information content (AvgIpc) is 2.54. The molecule has 0 radical (unpaired) electrons. The number of aliphatic hydroxyl groups is 1. The summed E-state index contributed by atoms with van der Waals surface area (Å²) in [7, 11) is -3.53. The minimum absolute atomic E-state index is 0.237. The lowest BCUT2D eigenvalue weighted by atomic mass is 10.1. The molecule has 6 heteroatoms. The van der Waals surface area contributed by atoms with E-state index in [1.165, 1.54) is 0 Å². The standard InChI is InChI=1S/C17H19N2O3P/c20-17-18-15(11-13-7-3-1-4-8-13)23(21,22)16(19-17)12-14-9-5-2-6-10-14/h1-10,17-18,20-22H,11-12H2.